The average molecular weight is 248 g/mol. The third kappa shape index (κ3) is 2.30. The molecule has 0 fully saturated rings. The predicted molar refractivity (Wildman–Crippen MR) is 69.7 cm³/mol. The highest BCUT2D eigenvalue weighted by molar-refractivity contribution is 5.25. The van der Waals surface area contributed by atoms with Gasteiger partial charge in [-0.3, -0.25) is 15.2 Å². The zero-order valence-corrected chi connectivity index (χ0v) is 11.1. The Morgan fingerprint density at radius 1 is 1.44 bits per heavy atom. The zero-order chi connectivity index (χ0) is 13.1. The minimum atomic E-state index is -0.0774. The van der Waals surface area contributed by atoms with Crippen LogP contribution in [-0.4, -0.2) is 19.6 Å². The summed E-state index contributed by atoms with van der Waals surface area (Å²) in [6.45, 7) is 5.00. The van der Waals surface area contributed by atoms with Gasteiger partial charge in [-0.1, -0.05) is 6.92 Å². The molecule has 0 amide bonds. The van der Waals surface area contributed by atoms with Crippen molar-refractivity contribution in [3.05, 3.63) is 35.4 Å². The van der Waals surface area contributed by atoms with Crippen molar-refractivity contribution >= 4 is 0 Å². The maximum absolute atomic E-state index is 5.69. The first-order valence-electron chi connectivity index (χ1n) is 6.20. The molecule has 2 aromatic rings. The van der Waals surface area contributed by atoms with Gasteiger partial charge in [-0.05, 0) is 19.4 Å². The summed E-state index contributed by atoms with van der Waals surface area (Å²) in [6, 6.07) is 2.02. The molecule has 6 nitrogen and oxygen atoms in total. The number of hydrogen-bond donors (Lipinski definition) is 2. The standard InChI is InChI=1S/C12H20N6/c1-4-10-6-11(18(5-2)16-10)12(15-13)9-7-14-17(3)8-9/h6-8,12,15H,4-5,13H2,1-3H3. The molecule has 2 aromatic heterocycles. The first kappa shape index (κ1) is 12.8. The van der Waals surface area contributed by atoms with Crippen LogP contribution in [-0.2, 0) is 20.0 Å². The zero-order valence-electron chi connectivity index (χ0n) is 11.1. The molecule has 6 heteroatoms. The van der Waals surface area contributed by atoms with E-state index in [9.17, 15) is 0 Å². The van der Waals surface area contributed by atoms with Crippen molar-refractivity contribution in [3.63, 3.8) is 0 Å². The molecule has 1 unspecified atom stereocenters. The summed E-state index contributed by atoms with van der Waals surface area (Å²) in [5, 5.41) is 8.73. The lowest BCUT2D eigenvalue weighted by molar-refractivity contribution is 0.541. The fourth-order valence-electron chi connectivity index (χ4n) is 2.09. The SMILES string of the molecule is CCc1cc(C(NN)c2cnn(C)c2)n(CC)n1. The number of rotatable bonds is 5. The van der Waals surface area contributed by atoms with Gasteiger partial charge in [0.2, 0.25) is 0 Å². The summed E-state index contributed by atoms with van der Waals surface area (Å²) < 4.78 is 3.75. The van der Waals surface area contributed by atoms with Crippen LogP contribution in [0.3, 0.4) is 0 Å². The van der Waals surface area contributed by atoms with Crippen LogP contribution in [0.2, 0.25) is 0 Å². The highest BCUT2D eigenvalue weighted by atomic mass is 15.3. The Balaban J connectivity index is 2.40. The number of nitrogens with one attached hydrogen (secondary N) is 1. The second kappa shape index (κ2) is 5.32. The number of nitrogens with zero attached hydrogens (tertiary/aromatic N) is 4. The molecular formula is C12H20N6. The first-order chi connectivity index (χ1) is 8.69. The molecule has 0 radical (unpaired) electrons. The van der Waals surface area contributed by atoms with Crippen LogP contribution in [0.1, 0.15) is 36.8 Å². The molecule has 0 spiro atoms. The van der Waals surface area contributed by atoms with E-state index in [1.54, 1.807) is 4.68 Å². The van der Waals surface area contributed by atoms with Gasteiger partial charge < -0.3 is 0 Å². The molecule has 0 aliphatic rings. The van der Waals surface area contributed by atoms with E-state index in [2.05, 4.69) is 35.5 Å². The summed E-state index contributed by atoms with van der Waals surface area (Å²) in [5.41, 5.74) is 6.04. The summed E-state index contributed by atoms with van der Waals surface area (Å²) in [4.78, 5) is 0. The van der Waals surface area contributed by atoms with E-state index < -0.39 is 0 Å². The number of hydrogen-bond acceptors (Lipinski definition) is 4. The van der Waals surface area contributed by atoms with E-state index in [0.717, 1.165) is 29.9 Å². The number of nitrogens with two attached hydrogens (primary N) is 1. The molecule has 0 saturated carbocycles. The maximum atomic E-state index is 5.69. The minimum Gasteiger partial charge on any atom is -0.275 e. The molecule has 0 saturated heterocycles. The number of aromatic nitrogens is 4. The van der Waals surface area contributed by atoms with Crippen LogP contribution >= 0.6 is 0 Å². The molecule has 0 bridgehead atoms. The fourth-order valence-corrected chi connectivity index (χ4v) is 2.09. The molecule has 0 aliphatic heterocycles. The summed E-state index contributed by atoms with van der Waals surface area (Å²) in [6.07, 6.45) is 4.70. The van der Waals surface area contributed by atoms with Crippen molar-refractivity contribution in [2.24, 2.45) is 12.9 Å². The Morgan fingerprint density at radius 3 is 2.72 bits per heavy atom. The highest BCUT2D eigenvalue weighted by Gasteiger charge is 2.19. The molecule has 18 heavy (non-hydrogen) atoms. The van der Waals surface area contributed by atoms with Crippen molar-refractivity contribution in [1.29, 1.82) is 0 Å². The van der Waals surface area contributed by atoms with E-state index in [0.29, 0.717) is 0 Å². The van der Waals surface area contributed by atoms with Gasteiger partial charge in [-0.25, -0.2) is 5.43 Å². The molecule has 3 N–H and O–H groups in total. The predicted octanol–water partition coefficient (Wildman–Crippen LogP) is 0.752. The lowest BCUT2D eigenvalue weighted by Gasteiger charge is -2.15. The van der Waals surface area contributed by atoms with Gasteiger partial charge in [0, 0.05) is 25.4 Å². The van der Waals surface area contributed by atoms with E-state index in [4.69, 9.17) is 5.84 Å². The molecule has 0 aromatic carbocycles. The van der Waals surface area contributed by atoms with Crippen molar-refractivity contribution < 1.29 is 0 Å². The van der Waals surface area contributed by atoms with Crippen LogP contribution in [0.15, 0.2) is 18.5 Å². The lowest BCUT2D eigenvalue weighted by atomic mass is 10.1. The van der Waals surface area contributed by atoms with Crippen LogP contribution in [0, 0.1) is 0 Å². The van der Waals surface area contributed by atoms with E-state index in [1.807, 2.05) is 24.1 Å². The maximum Gasteiger partial charge on any atom is 0.0908 e. The van der Waals surface area contributed by atoms with Gasteiger partial charge in [-0.15, -0.1) is 0 Å². The van der Waals surface area contributed by atoms with E-state index >= 15 is 0 Å². The Hall–Kier alpha value is -1.66. The van der Waals surface area contributed by atoms with Gasteiger partial charge in [0.05, 0.1) is 23.6 Å². The number of hydrazine groups is 1. The normalized spacial score (nSPS) is 12.9. The number of aryl methyl sites for hydroxylation is 3. The monoisotopic (exact) mass is 248 g/mol. The summed E-state index contributed by atoms with van der Waals surface area (Å²) in [5.74, 6) is 5.69. The molecule has 2 heterocycles. The third-order valence-electron chi connectivity index (χ3n) is 3.04. The van der Waals surface area contributed by atoms with Gasteiger partial charge in [-0.2, -0.15) is 10.2 Å². The highest BCUT2D eigenvalue weighted by Crippen LogP contribution is 2.22. The van der Waals surface area contributed by atoms with Gasteiger partial charge in [0.25, 0.3) is 0 Å². The topological polar surface area (TPSA) is 73.7 Å². The third-order valence-corrected chi connectivity index (χ3v) is 3.04. The Kier molecular flexibility index (Phi) is 3.78. The Bertz CT molecular complexity index is 512. The molecular weight excluding hydrogens is 228 g/mol. The van der Waals surface area contributed by atoms with Gasteiger partial charge in [0.15, 0.2) is 0 Å². The van der Waals surface area contributed by atoms with E-state index in [1.165, 1.54) is 0 Å². The molecule has 98 valence electrons. The Labute approximate surface area is 107 Å². The van der Waals surface area contributed by atoms with Gasteiger partial charge in [0.1, 0.15) is 0 Å². The minimum absolute atomic E-state index is 0.0774. The molecule has 2 rings (SSSR count). The van der Waals surface area contributed by atoms with Crippen molar-refractivity contribution in [2.75, 3.05) is 0 Å². The molecule has 0 aliphatic carbocycles. The molecule has 1 atom stereocenters. The van der Waals surface area contributed by atoms with Crippen molar-refractivity contribution in [3.8, 4) is 0 Å². The lowest BCUT2D eigenvalue weighted by Crippen LogP contribution is -2.30. The largest absolute Gasteiger partial charge is 0.275 e. The second-order valence-electron chi connectivity index (χ2n) is 4.28. The average Bonchev–Trinajstić information content (AvgIpc) is 2.97. The first-order valence-corrected chi connectivity index (χ1v) is 6.20. The second-order valence-corrected chi connectivity index (χ2v) is 4.28. The van der Waals surface area contributed by atoms with E-state index in [-0.39, 0.29) is 6.04 Å². The van der Waals surface area contributed by atoms with Crippen molar-refractivity contribution in [2.45, 2.75) is 32.9 Å². The Morgan fingerprint density at radius 2 is 2.22 bits per heavy atom. The van der Waals surface area contributed by atoms with Crippen LogP contribution < -0.4 is 11.3 Å². The van der Waals surface area contributed by atoms with Crippen LogP contribution in [0.5, 0.6) is 0 Å². The summed E-state index contributed by atoms with van der Waals surface area (Å²) >= 11 is 0. The van der Waals surface area contributed by atoms with Crippen LogP contribution in [0.4, 0.5) is 0 Å². The van der Waals surface area contributed by atoms with Crippen molar-refractivity contribution in [1.82, 2.24) is 25.0 Å². The smallest absolute Gasteiger partial charge is 0.0908 e. The fraction of sp³-hybridized carbons (Fsp3) is 0.500. The van der Waals surface area contributed by atoms with Crippen LogP contribution in [0.25, 0.3) is 0 Å². The summed E-state index contributed by atoms with van der Waals surface area (Å²) in [7, 11) is 1.89. The quantitative estimate of drug-likeness (QED) is 0.605. The van der Waals surface area contributed by atoms with Gasteiger partial charge >= 0.3 is 0 Å².